The number of hydrogen-bond acceptors (Lipinski definition) is 5. The first-order valence-corrected chi connectivity index (χ1v) is 9.46. The molecular formula is C19H17F3N4O2S. The summed E-state index contributed by atoms with van der Waals surface area (Å²) in [4.78, 5) is 16.3. The monoisotopic (exact) mass is 422 g/mol. The van der Waals surface area contributed by atoms with Crippen LogP contribution in [0.3, 0.4) is 0 Å². The van der Waals surface area contributed by atoms with E-state index in [0.29, 0.717) is 17.4 Å². The fourth-order valence-corrected chi connectivity index (χ4v) is 3.08. The van der Waals surface area contributed by atoms with E-state index in [1.807, 2.05) is 24.3 Å². The van der Waals surface area contributed by atoms with Crippen LogP contribution in [-0.4, -0.2) is 34.0 Å². The molecular weight excluding hydrogens is 405 g/mol. The number of rotatable bonds is 7. The Balaban J connectivity index is 1.52. The van der Waals surface area contributed by atoms with Gasteiger partial charge in [0.1, 0.15) is 11.6 Å². The van der Waals surface area contributed by atoms with Crippen LogP contribution in [0.15, 0.2) is 53.7 Å². The minimum atomic E-state index is -4.46. The number of halogens is 3. The van der Waals surface area contributed by atoms with Gasteiger partial charge in [0, 0.05) is 12.1 Å². The molecule has 0 saturated heterocycles. The van der Waals surface area contributed by atoms with Gasteiger partial charge in [-0.25, -0.2) is 4.98 Å². The van der Waals surface area contributed by atoms with Gasteiger partial charge in [-0.1, -0.05) is 30.0 Å². The summed E-state index contributed by atoms with van der Waals surface area (Å²) in [5.74, 6) is 0.914. The van der Waals surface area contributed by atoms with E-state index in [0.717, 1.165) is 35.2 Å². The van der Waals surface area contributed by atoms with Crippen LogP contribution in [0.25, 0.3) is 0 Å². The van der Waals surface area contributed by atoms with Crippen molar-refractivity contribution in [3.63, 3.8) is 0 Å². The molecule has 0 aliphatic heterocycles. The average molecular weight is 422 g/mol. The van der Waals surface area contributed by atoms with Crippen molar-refractivity contribution in [1.82, 2.24) is 15.2 Å². The van der Waals surface area contributed by atoms with Gasteiger partial charge >= 0.3 is 6.18 Å². The van der Waals surface area contributed by atoms with Gasteiger partial charge in [0.2, 0.25) is 11.1 Å². The van der Waals surface area contributed by atoms with Gasteiger partial charge < -0.3 is 10.1 Å². The molecule has 10 heteroatoms. The van der Waals surface area contributed by atoms with Gasteiger partial charge in [0.15, 0.2) is 0 Å². The molecule has 6 nitrogen and oxygen atoms in total. The fourth-order valence-electron chi connectivity index (χ4n) is 2.46. The zero-order valence-electron chi connectivity index (χ0n) is 15.3. The molecule has 2 aromatic carbocycles. The Labute approximate surface area is 168 Å². The predicted molar refractivity (Wildman–Crippen MR) is 103 cm³/mol. The highest BCUT2D eigenvalue weighted by atomic mass is 32.2. The Morgan fingerprint density at radius 1 is 1.21 bits per heavy atom. The Morgan fingerprint density at radius 3 is 2.66 bits per heavy atom. The van der Waals surface area contributed by atoms with Crippen molar-refractivity contribution >= 4 is 23.4 Å². The number of carbonyl (C=O) groups is 1. The maximum atomic E-state index is 12.7. The van der Waals surface area contributed by atoms with Crippen molar-refractivity contribution in [3.05, 3.63) is 65.5 Å². The third-order valence-electron chi connectivity index (χ3n) is 3.85. The predicted octanol–water partition coefficient (Wildman–Crippen LogP) is 4.15. The molecule has 29 heavy (non-hydrogen) atoms. The van der Waals surface area contributed by atoms with E-state index < -0.39 is 17.6 Å². The van der Waals surface area contributed by atoms with Crippen LogP contribution in [0.5, 0.6) is 5.75 Å². The van der Waals surface area contributed by atoms with E-state index in [9.17, 15) is 18.0 Å². The van der Waals surface area contributed by atoms with Crippen molar-refractivity contribution < 1.29 is 22.7 Å². The largest absolute Gasteiger partial charge is 0.497 e. The summed E-state index contributed by atoms with van der Waals surface area (Å²) >= 11 is 1.09. The molecule has 3 rings (SSSR count). The van der Waals surface area contributed by atoms with Gasteiger partial charge in [0.05, 0.1) is 18.4 Å². The second-order valence-electron chi connectivity index (χ2n) is 6.00. The number of carbonyl (C=O) groups excluding carboxylic acids is 1. The maximum absolute atomic E-state index is 12.7. The molecule has 0 unspecified atom stereocenters. The molecule has 0 saturated carbocycles. The lowest BCUT2D eigenvalue weighted by molar-refractivity contribution is -0.137. The number of ether oxygens (including phenoxy) is 1. The third-order valence-corrected chi connectivity index (χ3v) is 4.70. The smallest absolute Gasteiger partial charge is 0.416 e. The molecule has 0 aliphatic carbocycles. The SMILES string of the molecule is COc1ccc(Cc2nc(SCC(=O)Nc3cccc(C(F)(F)F)c3)n[nH]2)cc1. The molecule has 0 spiro atoms. The van der Waals surface area contributed by atoms with Gasteiger partial charge in [-0.3, -0.25) is 9.89 Å². The lowest BCUT2D eigenvalue weighted by Crippen LogP contribution is -2.15. The van der Waals surface area contributed by atoms with Crippen LogP contribution in [0.2, 0.25) is 0 Å². The van der Waals surface area contributed by atoms with Crippen LogP contribution in [0.1, 0.15) is 17.0 Å². The maximum Gasteiger partial charge on any atom is 0.416 e. The van der Waals surface area contributed by atoms with Gasteiger partial charge in [0.25, 0.3) is 0 Å². The van der Waals surface area contributed by atoms with Crippen LogP contribution in [0, 0.1) is 0 Å². The lowest BCUT2D eigenvalue weighted by atomic mass is 10.1. The molecule has 1 amide bonds. The minimum absolute atomic E-state index is 0.0317. The summed E-state index contributed by atoms with van der Waals surface area (Å²) in [6.45, 7) is 0. The third kappa shape index (κ3) is 5.98. The van der Waals surface area contributed by atoms with Gasteiger partial charge in [-0.05, 0) is 35.9 Å². The molecule has 3 aromatic rings. The van der Waals surface area contributed by atoms with E-state index in [4.69, 9.17) is 4.74 Å². The first kappa shape index (κ1) is 20.7. The first-order valence-electron chi connectivity index (χ1n) is 8.47. The van der Waals surface area contributed by atoms with Crippen molar-refractivity contribution in [3.8, 4) is 5.75 Å². The topological polar surface area (TPSA) is 79.9 Å². The summed E-state index contributed by atoms with van der Waals surface area (Å²) in [5, 5.41) is 9.68. The standard InChI is InChI=1S/C19H17F3N4O2S/c1-28-15-7-5-12(6-8-15)9-16-24-18(26-25-16)29-11-17(27)23-14-4-2-3-13(10-14)19(20,21)22/h2-8,10H,9,11H2,1H3,(H,23,27)(H,24,25,26). The summed E-state index contributed by atoms with van der Waals surface area (Å²) in [5.41, 5.74) is 0.279. The number of aromatic amines is 1. The van der Waals surface area contributed by atoms with E-state index in [1.165, 1.54) is 12.1 Å². The van der Waals surface area contributed by atoms with E-state index in [1.54, 1.807) is 7.11 Å². The van der Waals surface area contributed by atoms with E-state index in [-0.39, 0.29) is 11.4 Å². The van der Waals surface area contributed by atoms with Gasteiger partial charge in [-0.15, -0.1) is 5.10 Å². The molecule has 0 aliphatic rings. The number of benzene rings is 2. The molecule has 0 fully saturated rings. The number of methoxy groups -OCH3 is 1. The lowest BCUT2D eigenvalue weighted by Gasteiger charge is -2.09. The highest BCUT2D eigenvalue weighted by molar-refractivity contribution is 7.99. The average Bonchev–Trinajstić information content (AvgIpc) is 3.14. The highest BCUT2D eigenvalue weighted by Gasteiger charge is 2.30. The number of alkyl halides is 3. The molecule has 152 valence electrons. The summed E-state index contributed by atoms with van der Waals surface area (Å²) in [6, 6.07) is 12.0. The first-order chi connectivity index (χ1) is 13.8. The van der Waals surface area contributed by atoms with E-state index in [2.05, 4.69) is 20.5 Å². The second kappa shape index (κ2) is 8.99. The molecule has 1 aromatic heterocycles. The number of H-pyrrole nitrogens is 1. The molecule has 1 heterocycles. The van der Waals surface area contributed by atoms with Crippen molar-refractivity contribution in [2.24, 2.45) is 0 Å². The number of anilines is 1. The summed E-state index contributed by atoms with van der Waals surface area (Å²) in [7, 11) is 1.60. The number of hydrogen-bond donors (Lipinski definition) is 2. The molecule has 0 bridgehead atoms. The van der Waals surface area contributed by atoms with E-state index >= 15 is 0 Å². The number of nitrogens with one attached hydrogen (secondary N) is 2. The van der Waals surface area contributed by atoms with Crippen LogP contribution >= 0.6 is 11.8 Å². The van der Waals surface area contributed by atoms with Crippen LogP contribution < -0.4 is 10.1 Å². The Hall–Kier alpha value is -3.01. The van der Waals surface area contributed by atoms with Crippen molar-refractivity contribution in [1.29, 1.82) is 0 Å². The highest BCUT2D eigenvalue weighted by Crippen LogP contribution is 2.30. The van der Waals surface area contributed by atoms with Crippen LogP contribution in [0.4, 0.5) is 18.9 Å². The quantitative estimate of drug-likeness (QED) is 0.559. The Kier molecular flexibility index (Phi) is 6.42. The molecule has 0 atom stereocenters. The van der Waals surface area contributed by atoms with Gasteiger partial charge in [-0.2, -0.15) is 13.2 Å². The number of aromatic nitrogens is 3. The van der Waals surface area contributed by atoms with Crippen molar-refractivity contribution in [2.45, 2.75) is 17.8 Å². The Bertz CT molecular complexity index is 974. The van der Waals surface area contributed by atoms with Crippen molar-refractivity contribution in [2.75, 3.05) is 18.2 Å². The normalized spacial score (nSPS) is 11.3. The zero-order valence-corrected chi connectivity index (χ0v) is 16.1. The molecule has 2 N–H and O–H groups in total. The number of amides is 1. The zero-order chi connectivity index (χ0) is 20.9. The minimum Gasteiger partial charge on any atom is -0.497 e. The summed E-state index contributed by atoms with van der Waals surface area (Å²) < 4.78 is 43.3. The molecule has 0 radical (unpaired) electrons. The Morgan fingerprint density at radius 2 is 1.97 bits per heavy atom. The number of thioether (sulfide) groups is 1. The number of nitrogens with zero attached hydrogens (tertiary/aromatic N) is 2. The fraction of sp³-hybridized carbons (Fsp3) is 0.211. The van der Waals surface area contributed by atoms with Crippen LogP contribution in [-0.2, 0) is 17.4 Å². The second-order valence-corrected chi connectivity index (χ2v) is 6.95. The summed E-state index contributed by atoms with van der Waals surface area (Å²) in [6.07, 6.45) is -3.93.